The highest BCUT2D eigenvalue weighted by Crippen LogP contribution is 2.55. The van der Waals surface area contributed by atoms with Crippen molar-refractivity contribution in [2.24, 2.45) is 0 Å². The van der Waals surface area contributed by atoms with Gasteiger partial charge in [-0.3, -0.25) is 0 Å². The summed E-state index contributed by atoms with van der Waals surface area (Å²) in [5, 5.41) is 5.67. The van der Waals surface area contributed by atoms with Crippen molar-refractivity contribution in [1.82, 2.24) is 0 Å². The average Bonchev–Trinajstić information content (AvgIpc) is 3.40. The maximum Gasteiger partial charge on any atom is 0.182 e. The largest absolute Gasteiger partial charge is 0.182 e. The molecule has 0 amide bonds. The van der Waals surface area contributed by atoms with Gasteiger partial charge in [0.1, 0.15) is 0 Å². The molecular formula is C40H30Si. The van der Waals surface area contributed by atoms with Crippen LogP contribution >= 0.6 is 0 Å². The Bertz CT molecular complexity index is 1680. The van der Waals surface area contributed by atoms with E-state index < -0.39 is 8.07 Å². The second kappa shape index (κ2) is 10.9. The number of hydrogen-bond donors (Lipinski definition) is 0. The Morgan fingerprint density at radius 1 is 0.244 bits per heavy atom. The first kappa shape index (κ1) is 25.0. The smallest absolute Gasteiger partial charge is 0.0623 e. The van der Waals surface area contributed by atoms with E-state index in [-0.39, 0.29) is 0 Å². The molecule has 0 aromatic heterocycles. The van der Waals surface area contributed by atoms with Gasteiger partial charge in [-0.15, -0.1) is 0 Å². The van der Waals surface area contributed by atoms with Crippen LogP contribution in [0.25, 0.3) is 21.5 Å². The summed E-state index contributed by atoms with van der Waals surface area (Å²) in [6.07, 6.45) is 0. The summed E-state index contributed by atoms with van der Waals surface area (Å²) in [4.78, 5) is 0. The summed E-state index contributed by atoms with van der Waals surface area (Å²) in [5.41, 5.74) is 7.73. The van der Waals surface area contributed by atoms with Crippen LogP contribution in [0.15, 0.2) is 182 Å². The maximum atomic E-state index is 2.36. The third-order valence-corrected chi connectivity index (χ3v) is 13.1. The maximum absolute atomic E-state index is 2.86. The van der Waals surface area contributed by atoms with Crippen LogP contribution < -0.4 is 10.4 Å². The molecule has 1 heterocycles. The van der Waals surface area contributed by atoms with Crippen molar-refractivity contribution in [3.8, 4) is 0 Å². The third kappa shape index (κ3) is 4.23. The topological polar surface area (TPSA) is 0 Å². The Kier molecular flexibility index (Phi) is 6.64. The van der Waals surface area contributed by atoms with Crippen LogP contribution in [0, 0.1) is 0 Å². The summed E-state index contributed by atoms with van der Waals surface area (Å²) in [6, 6.07) is 66.8. The molecule has 0 bridgehead atoms. The lowest BCUT2D eigenvalue weighted by atomic mass is 9.89. The molecule has 0 spiro atoms. The molecule has 0 radical (unpaired) electrons. The lowest BCUT2D eigenvalue weighted by Gasteiger charge is -2.36. The Morgan fingerprint density at radius 2 is 0.488 bits per heavy atom. The first-order valence-electron chi connectivity index (χ1n) is 14.2. The van der Waals surface area contributed by atoms with E-state index in [0.717, 1.165) is 0 Å². The quantitative estimate of drug-likeness (QED) is 0.186. The molecule has 0 saturated heterocycles. The Labute approximate surface area is 243 Å². The van der Waals surface area contributed by atoms with Crippen LogP contribution in [0.4, 0.5) is 0 Å². The minimum atomic E-state index is -2.86. The number of hydrogen-bond acceptors (Lipinski definition) is 0. The van der Waals surface area contributed by atoms with Crippen molar-refractivity contribution >= 4 is 40.0 Å². The molecule has 0 unspecified atom stereocenters. The second-order valence-corrected chi connectivity index (χ2v) is 14.1. The number of rotatable bonds is 6. The van der Waals surface area contributed by atoms with E-state index >= 15 is 0 Å². The minimum absolute atomic E-state index is 1.25. The van der Waals surface area contributed by atoms with Crippen LogP contribution in [0.1, 0.15) is 22.3 Å². The van der Waals surface area contributed by atoms with Gasteiger partial charge in [0.05, 0.1) is 0 Å². The van der Waals surface area contributed by atoms with E-state index in [2.05, 4.69) is 182 Å². The third-order valence-electron chi connectivity index (χ3n) is 8.16. The molecule has 0 saturated carbocycles. The molecule has 6 aromatic rings. The van der Waals surface area contributed by atoms with E-state index in [1.54, 1.807) is 0 Å². The van der Waals surface area contributed by atoms with Gasteiger partial charge < -0.3 is 0 Å². The van der Waals surface area contributed by atoms with Gasteiger partial charge in [-0.2, -0.15) is 0 Å². The van der Waals surface area contributed by atoms with E-state index in [4.69, 9.17) is 0 Å². The Balaban J connectivity index is 1.77. The molecule has 1 aliphatic rings. The van der Waals surface area contributed by atoms with Crippen molar-refractivity contribution in [3.05, 3.63) is 204 Å². The summed E-state index contributed by atoms with van der Waals surface area (Å²) >= 11 is 0. The fraction of sp³-hybridized carbons (Fsp3) is 0. The summed E-state index contributed by atoms with van der Waals surface area (Å²) in [5.74, 6) is 0. The zero-order valence-electron chi connectivity index (χ0n) is 22.8. The van der Waals surface area contributed by atoms with Crippen LogP contribution in [-0.2, 0) is 0 Å². The predicted octanol–water partition coefficient (Wildman–Crippen LogP) is 8.56. The Hall–Kier alpha value is -4.98. The van der Waals surface area contributed by atoms with E-state index in [9.17, 15) is 0 Å². The van der Waals surface area contributed by atoms with Crippen molar-refractivity contribution in [2.45, 2.75) is 0 Å². The normalized spacial score (nSPS) is 14.3. The summed E-state index contributed by atoms with van der Waals surface area (Å²) < 4.78 is 0. The lowest BCUT2D eigenvalue weighted by Crippen LogP contribution is -2.59. The zero-order valence-corrected chi connectivity index (χ0v) is 23.8. The van der Waals surface area contributed by atoms with Crippen molar-refractivity contribution in [2.75, 3.05) is 0 Å². The lowest BCUT2D eigenvalue weighted by molar-refractivity contribution is 1.58. The molecule has 6 aromatic carbocycles. The Morgan fingerprint density at radius 3 is 0.780 bits per heavy atom. The molecule has 0 nitrogen and oxygen atoms in total. The van der Waals surface area contributed by atoms with Gasteiger partial charge >= 0.3 is 0 Å². The highest BCUT2D eigenvalue weighted by Gasteiger charge is 2.53. The summed E-state index contributed by atoms with van der Waals surface area (Å²) in [6.45, 7) is 0. The molecule has 0 atom stereocenters. The highest BCUT2D eigenvalue weighted by molar-refractivity contribution is 7.29. The molecule has 1 heteroatoms. The number of benzene rings is 6. The first-order valence-corrected chi connectivity index (χ1v) is 16.2. The van der Waals surface area contributed by atoms with Crippen molar-refractivity contribution in [3.63, 3.8) is 0 Å². The van der Waals surface area contributed by atoms with Gasteiger partial charge in [-0.25, -0.2) is 0 Å². The van der Waals surface area contributed by atoms with E-state index in [0.29, 0.717) is 0 Å². The van der Waals surface area contributed by atoms with Gasteiger partial charge in [-0.05, 0) is 54.2 Å². The summed E-state index contributed by atoms with van der Waals surface area (Å²) in [7, 11) is -2.86. The van der Waals surface area contributed by atoms with Crippen molar-refractivity contribution in [1.29, 1.82) is 0 Å². The molecule has 0 N–H and O–H groups in total. The van der Waals surface area contributed by atoms with E-state index in [1.807, 2.05) is 0 Å². The van der Waals surface area contributed by atoms with Gasteiger partial charge in [-0.1, -0.05) is 182 Å². The standard InChI is InChI=1S/C40H30Si/c1-7-19-31(20-8-1)37-38(32-21-9-2-10-22-32)40(34-25-13-4-14-26-34)41(35-27-15-5-16-28-35,36-29-17-6-18-30-36)39(37)33-23-11-3-12-24-33/h1-30H. The van der Waals surface area contributed by atoms with Crippen LogP contribution in [0.5, 0.6) is 0 Å². The highest BCUT2D eigenvalue weighted by atomic mass is 28.3. The molecular weight excluding hydrogens is 509 g/mol. The van der Waals surface area contributed by atoms with Gasteiger partial charge in [0.15, 0.2) is 8.07 Å². The second-order valence-electron chi connectivity index (χ2n) is 10.4. The fourth-order valence-corrected chi connectivity index (χ4v) is 12.2. The molecule has 41 heavy (non-hydrogen) atoms. The predicted molar refractivity (Wildman–Crippen MR) is 177 cm³/mol. The molecule has 0 fully saturated rings. The van der Waals surface area contributed by atoms with E-state index in [1.165, 1.54) is 54.2 Å². The van der Waals surface area contributed by atoms with Gasteiger partial charge in [0.2, 0.25) is 0 Å². The molecule has 7 rings (SSSR count). The fourth-order valence-electron chi connectivity index (χ4n) is 6.59. The minimum Gasteiger partial charge on any atom is -0.0623 e. The zero-order chi connectivity index (χ0) is 27.5. The molecule has 0 aliphatic carbocycles. The molecule has 194 valence electrons. The first-order chi connectivity index (χ1) is 20.4. The van der Waals surface area contributed by atoms with Gasteiger partial charge in [0, 0.05) is 0 Å². The van der Waals surface area contributed by atoms with Crippen LogP contribution in [0.3, 0.4) is 0 Å². The van der Waals surface area contributed by atoms with Crippen LogP contribution in [0.2, 0.25) is 0 Å². The average molecular weight is 539 g/mol. The van der Waals surface area contributed by atoms with Gasteiger partial charge in [0.25, 0.3) is 0 Å². The molecule has 1 aliphatic heterocycles. The van der Waals surface area contributed by atoms with Crippen LogP contribution in [-0.4, -0.2) is 8.07 Å². The number of allylic oxidation sites excluding steroid dienone is 2. The van der Waals surface area contributed by atoms with Crippen molar-refractivity contribution < 1.29 is 0 Å². The SMILES string of the molecule is c1ccc(C2=C(c3ccccc3)[Si](c3ccccc3)(c3ccccc3)C(c3ccccc3)=C2c2ccccc2)cc1. The monoisotopic (exact) mass is 538 g/mol.